The van der Waals surface area contributed by atoms with Gasteiger partial charge in [-0.1, -0.05) is 33.2 Å². The number of hydrogen-bond donors (Lipinski definition) is 0. The molecule has 0 fully saturated rings. The SMILES string of the molecule is Cc1noc(C)c1COc1ccc(CC(=O)OCc2cc(=O)oc3cc(Br)ccc23)cc1. The van der Waals surface area contributed by atoms with Crippen LogP contribution in [0.1, 0.15) is 28.1 Å². The van der Waals surface area contributed by atoms with E-state index in [-0.39, 0.29) is 13.0 Å². The van der Waals surface area contributed by atoms with Crippen molar-refractivity contribution < 1.29 is 23.2 Å². The van der Waals surface area contributed by atoms with Gasteiger partial charge in [0.25, 0.3) is 0 Å². The molecule has 0 N–H and O–H groups in total. The monoisotopic (exact) mass is 497 g/mol. The third-order valence-electron chi connectivity index (χ3n) is 5.02. The molecule has 0 aliphatic carbocycles. The van der Waals surface area contributed by atoms with Gasteiger partial charge in [-0.3, -0.25) is 4.79 Å². The van der Waals surface area contributed by atoms with Gasteiger partial charge < -0.3 is 18.4 Å². The van der Waals surface area contributed by atoms with Crippen LogP contribution in [0.3, 0.4) is 0 Å². The van der Waals surface area contributed by atoms with Crippen LogP contribution in [-0.2, 0) is 29.2 Å². The Labute approximate surface area is 192 Å². The first-order valence-electron chi connectivity index (χ1n) is 9.90. The highest BCUT2D eigenvalue weighted by atomic mass is 79.9. The van der Waals surface area contributed by atoms with Crippen molar-refractivity contribution in [2.45, 2.75) is 33.5 Å². The number of carbonyl (C=O) groups excluding carboxylic acids is 1. The summed E-state index contributed by atoms with van der Waals surface area (Å²) in [4.78, 5) is 24.1. The Bertz CT molecular complexity index is 1300. The van der Waals surface area contributed by atoms with E-state index in [1.165, 1.54) is 6.07 Å². The Kier molecular flexibility index (Phi) is 6.41. The summed E-state index contributed by atoms with van der Waals surface area (Å²) >= 11 is 3.35. The lowest BCUT2D eigenvalue weighted by Crippen LogP contribution is -2.10. The Morgan fingerprint density at radius 3 is 2.56 bits per heavy atom. The molecule has 0 saturated heterocycles. The fraction of sp³-hybridized carbons (Fsp3) is 0.208. The normalized spacial score (nSPS) is 11.0. The highest BCUT2D eigenvalue weighted by Gasteiger charge is 2.12. The first-order chi connectivity index (χ1) is 15.4. The molecule has 0 spiro atoms. The average Bonchev–Trinajstić information content (AvgIpc) is 3.08. The number of halogens is 1. The number of benzene rings is 2. The molecule has 7 nitrogen and oxygen atoms in total. The first kappa shape index (κ1) is 21.8. The van der Waals surface area contributed by atoms with E-state index in [2.05, 4.69) is 21.1 Å². The minimum atomic E-state index is -0.492. The number of nitrogens with zero attached hydrogens (tertiary/aromatic N) is 1. The predicted molar refractivity (Wildman–Crippen MR) is 120 cm³/mol. The van der Waals surface area contributed by atoms with Crippen molar-refractivity contribution in [2.75, 3.05) is 0 Å². The molecule has 0 unspecified atom stereocenters. The highest BCUT2D eigenvalue weighted by Crippen LogP contribution is 2.22. The lowest BCUT2D eigenvalue weighted by Gasteiger charge is -2.09. The molecule has 0 aliphatic heterocycles. The number of esters is 1. The van der Waals surface area contributed by atoms with Gasteiger partial charge in [0.15, 0.2) is 0 Å². The number of aromatic nitrogens is 1. The zero-order valence-corrected chi connectivity index (χ0v) is 19.1. The smallest absolute Gasteiger partial charge is 0.336 e. The van der Waals surface area contributed by atoms with Crippen LogP contribution in [-0.4, -0.2) is 11.1 Å². The topological polar surface area (TPSA) is 91.8 Å². The van der Waals surface area contributed by atoms with E-state index >= 15 is 0 Å². The Morgan fingerprint density at radius 2 is 1.84 bits per heavy atom. The third kappa shape index (κ3) is 5.08. The Morgan fingerprint density at radius 1 is 1.06 bits per heavy atom. The largest absolute Gasteiger partial charge is 0.489 e. The summed E-state index contributed by atoms with van der Waals surface area (Å²) in [6.45, 7) is 4.06. The van der Waals surface area contributed by atoms with Gasteiger partial charge in [-0.05, 0) is 49.7 Å². The maximum Gasteiger partial charge on any atom is 0.336 e. The summed E-state index contributed by atoms with van der Waals surface area (Å²) < 4.78 is 22.3. The summed E-state index contributed by atoms with van der Waals surface area (Å²) in [6.07, 6.45) is 0.106. The van der Waals surface area contributed by atoms with Gasteiger partial charge in [0.2, 0.25) is 0 Å². The maximum absolute atomic E-state index is 12.3. The van der Waals surface area contributed by atoms with Crippen LogP contribution < -0.4 is 10.4 Å². The lowest BCUT2D eigenvalue weighted by molar-refractivity contribution is -0.144. The quantitative estimate of drug-likeness (QED) is 0.261. The van der Waals surface area contributed by atoms with Gasteiger partial charge in [0.1, 0.15) is 30.3 Å². The standard InChI is InChI=1S/C24H20BrNO6/c1-14-21(15(2)32-26-14)13-29-19-6-3-16(4-7-19)9-23(27)30-12-17-10-24(28)31-22-11-18(25)5-8-20(17)22/h3-8,10-11H,9,12-13H2,1-2H3. The summed E-state index contributed by atoms with van der Waals surface area (Å²) in [7, 11) is 0. The van der Waals surface area contributed by atoms with Crippen LogP contribution in [0, 0.1) is 13.8 Å². The molecule has 2 aromatic carbocycles. The summed E-state index contributed by atoms with van der Waals surface area (Å²) in [6, 6.07) is 13.9. The van der Waals surface area contributed by atoms with E-state index in [0.29, 0.717) is 23.5 Å². The van der Waals surface area contributed by atoms with Crippen molar-refractivity contribution >= 4 is 32.9 Å². The van der Waals surface area contributed by atoms with Gasteiger partial charge in [0.05, 0.1) is 17.7 Å². The van der Waals surface area contributed by atoms with Crippen LogP contribution in [0.25, 0.3) is 11.0 Å². The molecular weight excluding hydrogens is 478 g/mol. The minimum absolute atomic E-state index is 0.0127. The van der Waals surface area contributed by atoms with Gasteiger partial charge in [-0.25, -0.2) is 4.79 Å². The molecule has 2 heterocycles. The highest BCUT2D eigenvalue weighted by molar-refractivity contribution is 9.10. The van der Waals surface area contributed by atoms with Crippen molar-refractivity contribution in [1.82, 2.24) is 5.16 Å². The van der Waals surface area contributed by atoms with Crippen molar-refractivity contribution in [3.05, 3.63) is 91.6 Å². The number of carbonyl (C=O) groups is 1. The third-order valence-corrected chi connectivity index (χ3v) is 5.51. The van der Waals surface area contributed by atoms with E-state index in [1.807, 2.05) is 38.1 Å². The van der Waals surface area contributed by atoms with Crippen molar-refractivity contribution in [3.8, 4) is 5.75 Å². The molecular formula is C24H20BrNO6. The molecule has 0 saturated carbocycles. The van der Waals surface area contributed by atoms with Gasteiger partial charge >= 0.3 is 11.6 Å². The zero-order valence-electron chi connectivity index (χ0n) is 17.5. The van der Waals surface area contributed by atoms with Gasteiger partial charge in [-0.15, -0.1) is 0 Å². The molecule has 164 valence electrons. The summed E-state index contributed by atoms with van der Waals surface area (Å²) in [5.41, 5.74) is 3.06. The molecule has 0 radical (unpaired) electrons. The molecule has 8 heteroatoms. The van der Waals surface area contributed by atoms with Crippen LogP contribution in [0.15, 0.2) is 66.7 Å². The molecule has 0 aliphatic rings. The average molecular weight is 498 g/mol. The molecule has 0 amide bonds. The molecule has 0 bridgehead atoms. The minimum Gasteiger partial charge on any atom is -0.489 e. The van der Waals surface area contributed by atoms with Gasteiger partial charge in [0, 0.05) is 21.5 Å². The second-order valence-electron chi connectivity index (χ2n) is 7.30. The Hall–Kier alpha value is -3.39. The van der Waals surface area contributed by atoms with Crippen LogP contribution in [0.2, 0.25) is 0 Å². The molecule has 2 aromatic heterocycles. The number of ether oxygens (including phenoxy) is 2. The van der Waals surface area contributed by atoms with Crippen LogP contribution in [0.4, 0.5) is 0 Å². The van der Waals surface area contributed by atoms with Gasteiger partial charge in [-0.2, -0.15) is 0 Å². The molecule has 32 heavy (non-hydrogen) atoms. The molecule has 4 aromatic rings. The van der Waals surface area contributed by atoms with E-state index in [4.69, 9.17) is 18.4 Å². The van der Waals surface area contributed by atoms with E-state index in [1.54, 1.807) is 18.2 Å². The second kappa shape index (κ2) is 9.40. The van der Waals surface area contributed by atoms with E-state index in [9.17, 15) is 9.59 Å². The van der Waals surface area contributed by atoms with Crippen molar-refractivity contribution in [3.63, 3.8) is 0 Å². The van der Waals surface area contributed by atoms with Crippen LogP contribution in [0.5, 0.6) is 5.75 Å². The molecule has 4 rings (SSSR count). The van der Waals surface area contributed by atoms with Crippen molar-refractivity contribution in [2.24, 2.45) is 0 Å². The number of fused-ring (bicyclic) bond motifs is 1. The predicted octanol–water partition coefficient (Wildman–Crippen LogP) is 5.03. The first-order valence-corrected chi connectivity index (χ1v) is 10.7. The summed E-state index contributed by atoms with van der Waals surface area (Å²) in [5, 5.41) is 4.63. The maximum atomic E-state index is 12.3. The van der Waals surface area contributed by atoms with Crippen LogP contribution >= 0.6 is 15.9 Å². The number of rotatable bonds is 7. The fourth-order valence-corrected chi connectivity index (χ4v) is 3.61. The summed E-state index contributed by atoms with van der Waals surface area (Å²) in [5.74, 6) is 1.02. The molecule has 0 atom stereocenters. The van der Waals surface area contributed by atoms with E-state index < -0.39 is 11.6 Å². The van der Waals surface area contributed by atoms with Crippen molar-refractivity contribution in [1.29, 1.82) is 0 Å². The fourth-order valence-electron chi connectivity index (χ4n) is 3.27. The Balaban J connectivity index is 1.35. The second-order valence-corrected chi connectivity index (χ2v) is 8.22. The van der Waals surface area contributed by atoms with E-state index in [0.717, 1.165) is 32.4 Å². The number of hydrogen-bond acceptors (Lipinski definition) is 7. The lowest BCUT2D eigenvalue weighted by atomic mass is 10.1. The number of aryl methyl sites for hydroxylation is 2. The zero-order chi connectivity index (χ0) is 22.7.